The maximum Gasteiger partial charge on any atom is 0.0641 e. The Morgan fingerprint density at radius 3 is 2.33 bits per heavy atom. The molecule has 0 saturated carbocycles. The van der Waals surface area contributed by atoms with Crippen molar-refractivity contribution in [2.24, 2.45) is 7.05 Å². The number of benzene rings is 1. The van der Waals surface area contributed by atoms with Crippen LogP contribution in [0, 0.1) is 6.92 Å². The number of aryl methyl sites for hydroxylation is 2. The van der Waals surface area contributed by atoms with Gasteiger partial charge in [-0.3, -0.25) is 4.68 Å². The molecular formula is C15H21N3. The van der Waals surface area contributed by atoms with Crippen molar-refractivity contribution in [2.45, 2.75) is 32.9 Å². The van der Waals surface area contributed by atoms with Gasteiger partial charge in [0.2, 0.25) is 0 Å². The van der Waals surface area contributed by atoms with Crippen LogP contribution in [0.3, 0.4) is 0 Å². The second-order valence-electron chi connectivity index (χ2n) is 4.86. The van der Waals surface area contributed by atoms with Gasteiger partial charge in [0.25, 0.3) is 0 Å². The van der Waals surface area contributed by atoms with Gasteiger partial charge in [0.1, 0.15) is 0 Å². The van der Waals surface area contributed by atoms with Crippen LogP contribution >= 0.6 is 0 Å². The minimum absolute atomic E-state index is 0.300. The van der Waals surface area contributed by atoms with Crippen LogP contribution in [-0.2, 0) is 7.05 Å². The van der Waals surface area contributed by atoms with Gasteiger partial charge in [-0.05, 0) is 26.3 Å². The van der Waals surface area contributed by atoms with E-state index >= 15 is 0 Å². The van der Waals surface area contributed by atoms with E-state index in [-0.39, 0.29) is 0 Å². The zero-order chi connectivity index (χ0) is 13.1. The van der Waals surface area contributed by atoms with Crippen molar-refractivity contribution in [3.8, 4) is 0 Å². The van der Waals surface area contributed by atoms with Gasteiger partial charge in [-0.1, -0.05) is 30.3 Å². The summed E-state index contributed by atoms with van der Waals surface area (Å²) < 4.78 is 1.87. The van der Waals surface area contributed by atoms with E-state index in [9.17, 15) is 0 Å². The molecule has 0 saturated heterocycles. The first-order chi connectivity index (χ1) is 8.58. The number of nitrogens with zero attached hydrogens (tertiary/aromatic N) is 2. The molecule has 0 aliphatic carbocycles. The van der Waals surface area contributed by atoms with Crippen LogP contribution in [0.15, 0.2) is 36.5 Å². The molecule has 1 heterocycles. The Hall–Kier alpha value is -1.61. The summed E-state index contributed by atoms with van der Waals surface area (Å²) in [4.78, 5) is 0. The maximum atomic E-state index is 4.39. The largest absolute Gasteiger partial charge is 0.304 e. The fourth-order valence-electron chi connectivity index (χ4n) is 2.35. The van der Waals surface area contributed by atoms with Gasteiger partial charge >= 0.3 is 0 Å². The van der Waals surface area contributed by atoms with E-state index in [4.69, 9.17) is 0 Å². The van der Waals surface area contributed by atoms with E-state index in [1.54, 1.807) is 0 Å². The highest BCUT2D eigenvalue weighted by Crippen LogP contribution is 2.20. The van der Waals surface area contributed by atoms with Crippen molar-refractivity contribution in [3.05, 3.63) is 53.3 Å². The molecule has 3 heteroatoms. The summed E-state index contributed by atoms with van der Waals surface area (Å²) >= 11 is 0. The smallest absolute Gasteiger partial charge is 0.0641 e. The zero-order valence-corrected chi connectivity index (χ0v) is 11.5. The normalized spacial score (nSPS) is 14.4. The molecule has 0 aliphatic heterocycles. The highest BCUT2D eigenvalue weighted by atomic mass is 15.3. The Labute approximate surface area is 109 Å². The van der Waals surface area contributed by atoms with Gasteiger partial charge in [0, 0.05) is 30.9 Å². The summed E-state index contributed by atoms with van der Waals surface area (Å²) in [6.07, 6.45) is 2.09. The predicted molar refractivity (Wildman–Crippen MR) is 74.4 cm³/mol. The average molecular weight is 243 g/mol. The number of hydrogen-bond acceptors (Lipinski definition) is 2. The summed E-state index contributed by atoms with van der Waals surface area (Å²) in [5.74, 6) is 0. The van der Waals surface area contributed by atoms with Gasteiger partial charge in [0.05, 0.1) is 5.69 Å². The number of hydrogen-bond donors (Lipinski definition) is 1. The standard InChI is InChI=1S/C15H21N3/c1-11(14-8-6-5-7-9-14)16-12(2)15-10-18(4)17-13(15)3/h5-12,16H,1-4H3. The van der Waals surface area contributed by atoms with Gasteiger partial charge in [-0.15, -0.1) is 0 Å². The summed E-state index contributed by atoms with van der Waals surface area (Å²) in [6.45, 7) is 6.43. The second-order valence-corrected chi connectivity index (χ2v) is 4.86. The van der Waals surface area contributed by atoms with Gasteiger partial charge in [-0.2, -0.15) is 5.10 Å². The van der Waals surface area contributed by atoms with Gasteiger partial charge in [-0.25, -0.2) is 0 Å². The van der Waals surface area contributed by atoms with Crippen LogP contribution in [-0.4, -0.2) is 9.78 Å². The van der Waals surface area contributed by atoms with Crippen molar-refractivity contribution in [3.63, 3.8) is 0 Å². The molecule has 2 aromatic rings. The molecule has 0 amide bonds. The fourth-order valence-corrected chi connectivity index (χ4v) is 2.35. The Balaban J connectivity index is 2.08. The number of rotatable bonds is 4. The van der Waals surface area contributed by atoms with Crippen molar-refractivity contribution < 1.29 is 0 Å². The lowest BCUT2D eigenvalue weighted by Gasteiger charge is -2.20. The molecule has 0 radical (unpaired) electrons. The van der Waals surface area contributed by atoms with E-state index < -0.39 is 0 Å². The van der Waals surface area contributed by atoms with Crippen molar-refractivity contribution in [2.75, 3.05) is 0 Å². The Kier molecular flexibility index (Phi) is 3.82. The third-order valence-corrected chi connectivity index (χ3v) is 3.32. The molecule has 2 atom stereocenters. The Morgan fingerprint density at radius 2 is 1.78 bits per heavy atom. The monoisotopic (exact) mass is 243 g/mol. The van der Waals surface area contributed by atoms with Crippen LogP contribution in [0.2, 0.25) is 0 Å². The molecule has 96 valence electrons. The lowest BCUT2D eigenvalue weighted by atomic mass is 10.1. The molecule has 2 unspecified atom stereocenters. The fraction of sp³-hybridized carbons (Fsp3) is 0.400. The van der Waals surface area contributed by atoms with Crippen LogP contribution in [0.4, 0.5) is 0 Å². The molecule has 1 aromatic carbocycles. The number of nitrogens with one attached hydrogen (secondary N) is 1. The first-order valence-corrected chi connectivity index (χ1v) is 6.39. The third-order valence-electron chi connectivity index (χ3n) is 3.32. The highest BCUT2D eigenvalue weighted by molar-refractivity contribution is 5.22. The minimum Gasteiger partial charge on any atom is -0.304 e. The van der Waals surface area contributed by atoms with E-state index in [1.807, 2.05) is 17.8 Å². The SMILES string of the molecule is Cc1nn(C)cc1C(C)NC(C)c1ccccc1. The van der Waals surface area contributed by atoms with Gasteiger partial charge < -0.3 is 5.32 Å². The summed E-state index contributed by atoms with van der Waals surface area (Å²) in [5, 5.41) is 8.00. The van der Waals surface area contributed by atoms with Crippen LogP contribution in [0.25, 0.3) is 0 Å². The van der Waals surface area contributed by atoms with Crippen LogP contribution < -0.4 is 5.32 Å². The molecule has 18 heavy (non-hydrogen) atoms. The molecule has 2 rings (SSSR count). The molecule has 0 aliphatic rings. The summed E-state index contributed by atoms with van der Waals surface area (Å²) in [5.41, 5.74) is 3.67. The van der Waals surface area contributed by atoms with E-state index in [1.165, 1.54) is 11.1 Å². The quantitative estimate of drug-likeness (QED) is 0.894. The third kappa shape index (κ3) is 2.79. The summed E-state index contributed by atoms with van der Waals surface area (Å²) in [6, 6.07) is 11.1. The second kappa shape index (κ2) is 5.36. The first-order valence-electron chi connectivity index (χ1n) is 6.39. The van der Waals surface area contributed by atoms with E-state index in [0.29, 0.717) is 12.1 Å². The first kappa shape index (κ1) is 12.8. The Bertz CT molecular complexity index is 502. The minimum atomic E-state index is 0.300. The van der Waals surface area contributed by atoms with Crippen molar-refractivity contribution in [1.82, 2.24) is 15.1 Å². The van der Waals surface area contributed by atoms with Crippen LogP contribution in [0.1, 0.15) is 42.8 Å². The predicted octanol–water partition coefficient (Wildman–Crippen LogP) is 3.14. The topological polar surface area (TPSA) is 29.9 Å². The highest BCUT2D eigenvalue weighted by Gasteiger charge is 2.14. The van der Waals surface area contributed by atoms with E-state index in [0.717, 1.165) is 5.69 Å². The molecule has 0 fully saturated rings. The Morgan fingerprint density at radius 1 is 1.11 bits per heavy atom. The average Bonchev–Trinajstić information content (AvgIpc) is 2.69. The molecule has 3 nitrogen and oxygen atoms in total. The molecule has 1 aromatic heterocycles. The lowest BCUT2D eigenvalue weighted by molar-refractivity contribution is 0.493. The molecular weight excluding hydrogens is 222 g/mol. The molecule has 1 N–H and O–H groups in total. The number of aromatic nitrogens is 2. The van der Waals surface area contributed by atoms with Crippen molar-refractivity contribution >= 4 is 0 Å². The molecule has 0 spiro atoms. The van der Waals surface area contributed by atoms with Crippen molar-refractivity contribution in [1.29, 1.82) is 0 Å². The van der Waals surface area contributed by atoms with Gasteiger partial charge in [0.15, 0.2) is 0 Å². The molecule has 0 bridgehead atoms. The zero-order valence-electron chi connectivity index (χ0n) is 11.5. The van der Waals surface area contributed by atoms with Crippen LogP contribution in [0.5, 0.6) is 0 Å². The lowest BCUT2D eigenvalue weighted by Crippen LogP contribution is -2.22. The summed E-state index contributed by atoms with van der Waals surface area (Å²) in [7, 11) is 1.96. The van der Waals surface area contributed by atoms with E-state index in [2.05, 4.69) is 61.6 Å². The maximum absolute atomic E-state index is 4.39.